The summed E-state index contributed by atoms with van der Waals surface area (Å²) >= 11 is -2.69. The molecule has 238 valence electrons. The van der Waals surface area contributed by atoms with Gasteiger partial charge in [-0.1, -0.05) is 0 Å². The number of rotatable bonds is 23. The van der Waals surface area contributed by atoms with E-state index in [0.29, 0.717) is 13.2 Å². The summed E-state index contributed by atoms with van der Waals surface area (Å²) in [7, 11) is 1.50. The van der Waals surface area contributed by atoms with Crippen LogP contribution in [0, 0.1) is 0 Å². The predicted molar refractivity (Wildman–Crippen MR) is 180 cm³/mol. The van der Waals surface area contributed by atoms with Crippen molar-refractivity contribution >= 4 is 26.7 Å². The Hall–Kier alpha value is -0.384. The van der Waals surface area contributed by atoms with Gasteiger partial charge in [0.1, 0.15) is 0 Å². The zero-order chi connectivity index (χ0) is 30.8. The molecule has 7 heteroatoms. The third-order valence-electron chi connectivity index (χ3n) is 8.88. The summed E-state index contributed by atoms with van der Waals surface area (Å²) in [5.74, 6) is 0.858. The molecule has 1 unspecified atom stereocenters. The van der Waals surface area contributed by atoms with Gasteiger partial charge in [-0.2, -0.15) is 0 Å². The molecule has 1 atom stereocenters. The maximum absolute atomic E-state index is 6.99. The molecule has 0 N–H and O–H groups in total. The number of benzene rings is 1. The summed E-state index contributed by atoms with van der Waals surface area (Å²) < 4.78 is 35.9. The van der Waals surface area contributed by atoms with Crippen LogP contribution < -0.4 is 4.74 Å². The van der Waals surface area contributed by atoms with E-state index in [4.69, 9.17) is 23.4 Å². The molecular formula is C34H64O5SiSn. The minimum atomic E-state index is -2.69. The zero-order valence-electron chi connectivity index (χ0n) is 28.4. The molecule has 5 nitrogen and oxygen atoms in total. The maximum atomic E-state index is 6.99. The fourth-order valence-electron chi connectivity index (χ4n) is 4.96. The van der Waals surface area contributed by atoms with Crippen LogP contribution in [0.1, 0.15) is 92.1 Å². The number of hydrogen-bond acceptors (Lipinski definition) is 5. The molecule has 0 spiro atoms. The van der Waals surface area contributed by atoms with Crippen molar-refractivity contribution in [2.24, 2.45) is 0 Å². The third-order valence-corrected chi connectivity index (χ3v) is 29.5. The van der Waals surface area contributed by atoms with Crippen LogP contribution in [0.15, 0.2) is 33.9 Å². The van der Waals surface area contributed by atoms with Crippen LogP contribution in [-0.2, 0) is 25.2 Å². The first-order valence-electron chi connectivity index (χ1n) is 16.1. The third kappa shape index (κ3) is 14.3. The Morgan fingerprint density at radius 3 is 1.93 bits per heavy atom. The van der Waals surface area contributed by atoms with Crippen molar-refractivity contribution in [2.45, 2.75) is 131 Å². The average Bonchev–Trinajstić information content (AvgIpc) is 2.95. The van der Waals surface area contributed by atoms with E-state index in [1.165, 1.54) is 51.8 Å². The topological polar surface area (TPSA) is 46.2 Å². The van der Waals surface area contributed by atoms with E-state index in [1.807, 2.05) is 12.1 Å². The second-order valence-corrected chi connectivity index (χ2v) is 31.4. The van der Waals surface area contributed by atoms with Gasteiger partial charge >= 0.3 is 253 Å². The molecule has 0 aliphatic rings. The molecule has 41 heavy (non-hydrogen) atoms. The zero-order valence-corrected chi connectivity index (χ0v) is 32.3. The van der Waals surface area contributed by atoms with Gasteiger partial charge in [0, 0.05) is 0 Å². The van der Waals surface area contributed by atoms with E-state index in [1.54, 1.807) is 17.8 Å². The summed E-state index contributed by atoms with van der Waals surface area (Å²) in [6, 6.07) is 8.06. The van der Waals surface area contributed by atoms with Crippen LogP contribution in [0.5, 0.6) is 5.75 Å². The summed E-state index contributed by atoms with van der Waals surface area (Å²) in [4.78, 5) is 0. The Kier molecular flexibility index (Phi) is 19.4. The Morgan fingerprint density at radius 2 is 1.46 bits per heavy atom. The van der Waals surface area contributed by atoms with Crippen molar-refractivity contribution in [1.29, 1.82) is 0 Å². The molecule has 0 heterocycles. The van der Waals surface area contributed by atoms with Crippen LogP contribution in [-0.4, -0.2) is 67.0 Å². The minimum absolute atomic E-state index is 0.0522. The van der Waals surface area contributed by atoms with Gasteiger partial charge in [0.2, 0.25) is 0 Å². The van der Waals surface area contributed by atoms with Crippen LogP contribution >= 0.6 is 0 Å². The molecule has 0 aliphatic carbocycles. The molecule has 0 saturated heterocycles. The molecule has 0 fully saturated rings. The molecule has 0 aromatic heterocycles. The van der Waals surface area contributed by atoms with Crippen molar-refractivity contribution in [3.8, 4) is 5.75 Å². The van der Waals surface area contributed by atoms with Crippen molar-refractivity contribution in [3.05, 3.63) is 39.5 Å². The quantitative estimate of drug-likeness (QED) is 0.0841. The summed E-state index contributed by atoms with van der Waals surface area (Å²) in [6.45, 7) is 21.0. The van der Waals surface area contributed by atoms with E-state index in [9.17, 15) is 0 Å². The standard InChI is InChI=1S/C22H37O5Si.3C4H9.Sn/c1-22(2,3)28(6,7)27-15-9-8-10-21(26-18-23-4)17-25-16-19-11-13-20(24-5)14-12-19;3*1-3-4-2;/h8,11-14,21H,10,15-18H2,1-7H3;3*1,3-4H2,2H3;. The molecule has 0 amide bonds. The molecule has 0 bridgehead atoms. The molecule has 0 radical (unpaired) electrons. The van der Waals surface area contributed by atoms with Gasteiger partial charge in [0.25, 0.3) is 0 Å². The first kappa shape index (κ1) is 38.6. The molecule has 0 aliphatic heterocycles. The first-order chi connectivity index (χ1) is 19.5. The second-order valence-electron chi connectivity index (χ2n) is 13.2. The normalized spacial score (nSPS) is 14.0. The van der Waals surface area contributed by atoms with E-state index in [0.717, 1.165) is 24.3 Å². The molecule has 1 aromatic carbocycles. The van der Waals surface area contributed by atoms with Gasteiger partial charge in [0.05, 0.1) is 7.11 Å². The van der Waals surface area contributed by atoms with Gasteiger partial charge in [-0.05, 0) is 0 Å². The average molecular weight is 700 g/mol. The van der Waals surface area contributed by atoms with Crippen LogP contribution in [0.3, 0.4) is 0 Å². The van der Waals surface area contributed by atoms with Gasteiger partial charge in [-0.25, -0.2) is 0 Å². The van der Waals surface area contributed by atoms with Crippen LogP contribution in [0.2, 0.25) is 31.4 Å². The summed E-state index contributed by atoms with van der Waals surface area (Å²) in [6.07, 6.45) is 11.2. The Morgan fingerprint density at radius 1 is 0.902 bits per heavy atom. The number of hydrogen-bond donors (Lipinski definition) is 0. The van der Waals surface area contributed by atoms with Crippen LogP contribution in [0.4, 0.5) is 0 Å². The van der Waals surface area contributed by atoms with Gasteiger partial charge in [-0.15, -0.1) is 0 Å². The van der Waals surface area contributed by atoms with Crippen LogP contribution in [0.25, 0.3) is 0 Å². The van der Waals surface area contributed by atoms with Crippen molar-refractivity contribution in [2.75, 3.05) is 34.2 Å². The fraction of sp³-hybridized carbons (Fsp3) is 0.765. The van der Waals surface area contributed by atoms with E-state index in [2.05, 4.69) is 72.8 Å². The predicted octanol–water partition coefficient (Wildman–Crippen LogP) is 9.93. The second kappa shape index (κ2) is 20.5. The van der Waals surface area contributed by atoms with Gasteiger partial charge < -0.3 is 0 Å². The van der Waals surface area contributed by atoms with E-state index >= 15 is 0 Å². The van der Waals surface area contributed by atoms with E-state index in [-0.39, 0.29) is 17.9 Å². The number of ether oxygens (including phenoxy) is 4. The fourth-order valence-corrected chi connectivity index (χ4v) is 22.7. The van der Waals surface area contributed by atoms with E-state index < -0.39 is 26.7 Å². The van der Waals surface area contributed by atoms with Gasteiger partial charge in [0.15, 0.2) is 0 Å². The first-order valence-corrected chi connectivity index (χ1v) is 26.5. The Balaban J connectivity index is 3.27. The summed E-state index contributed by atoms with van der Waals surface area (Å²) in [5.41, 5.74) is 1.13. The van der Waals surface area contributed by atoms with Crippen molar-refractivity contribution in [1.82, 2.24) is 0 Å². The van der Waals surface area contributed by atoms with Gasteiger partial charge in [-0.3, -0.25) is 0 Å². The molecular weight excluding hydrogens is 635 g/mol. The van der Waals surface area contributed by atoms with Crippen molar-refractivity contribution in [3.63, 3.8) is 0 Å². The molecule has 0 saturated carbocycles. The Labute approximate surface area is 259 Å². The molecule has 1 aromatic rings. The van der Waals surface area contributed by atoms with Crippen molar-refractivity contribution < 1.29 is 23.4 Å². The number of methoxy groups -OCH3 is 2. The number of unbranched alkanes of at least 4 members (excludes halogenated alkanes) is 3. The monoisotopic (exact) mass is 700 g/mol. The summed E-state index contributed by atoms with van der Waals surface area (Å²) in [5, 5.41) is 0.200. The molecule has 1 rings (SSSR count). The Bertz CT molecular complexity index is 813. The SMILES string of the molecule is CCC[CH2][Sn]([CH2]CCC)([CH2]CCC)/[C](=C\CC(COCc1ccc(OC)cc1)OCOC)CO[Si](C)(C)C(C)(C)C.